The predicted octanol–water partition coefficient (Wildman–Crippen LogP) is 3.69. The number of rotatable bonds is 4. The summed E-state index contributed by atoms with van der Waals surface area (Å²) in [6.07, 6.45) is 1.86. The van der Waals surface area contributed by atoms with Gasteiger partial charge in [0, 0.05) is 38.6 Å². The molecule has 4 nitrogen and oxygen atoms in total. The molecular formula is C24H30FN3O. The van der Waals surface area contributed by atoms with Crippen molar-refractivity contribution >= 4 is 11.6 Å². The van der Waals surface area contributed by atoms with E-state index in [4.69, 9.17) is 0 Å². The summed E-state index contributed by atoms with van der Waals surface area (Å²) in [5, 5.41) is 0. The Morgan fingerprint density at radius 2 is 1.59 bits per heavy atom. The standard InChI is InChI=1S/C24H30FN3O/c1-19-6-2-3-7-21(19)18-26-12-10-20(11-13-26)24(29)28-16-14-27(15-17-28)23-9-5-4-8-22(23)25/h2-9,20H,10-18H2,1H3. The number of likely N-dealkylation sites (tertiary alicyclic amines) is 1. The summed E-state index contributed by atoms with van der Waals surface area (Å²) >= 11 is 0. The molecule has 0 bridgehead atoms. The van der Waals surface area contributed by atoms with Gasteiger partial charge in [-0.15, -0.1) is 0 Å². The number of halogens is 1. The van der Waals surface area contributed by atoms with Gasteiger partial charge in [0.1, 0.15) is 5.82 Å². The fourth-order valence-corrected chi connectivity index (χ4v) is 4.50. The zero-order chi connectivity index (χ0) is 20.2. The Labute approximate surface area is 172 Å². The average molecular weight is 396 g/mol. The van der Waals surface area contributed by atoms with E-state index >= 15 is 0 Å². The smallest absolute Gasteiger partial charge is 0.225 e. The lowest BCUT2D eigenvalue weighted by molar-refractivity contribution is -0.137. The lowest BCUT2D eigenvalue weighted by atomic mass is 9.94. The maximum absolute atomic E-state index is 14.0. The third-order valence-electron chi connectivity index (χ3n) is 6.38. The zero-order valence-corrected chi connectivity index (χ0v) is 17.2. The lowest BCUT2D eigenvalue weighted by Crippen LogP contribution is -2.51. The van der Waals surface area contributed by atoms with Crippen LogP contribution >= 0.6 is 0 Å². The van der Waals surface area contributed by atoms with Crippen molar-refractivity contribution in [2.75, 3.05) is 44.2 Å². The van der Waals surface area contributed by atoms with Gasteiger partial charge in [-0.05, 0) is 56.1 Å². The Balaban J connectivity index is 1.26. The molecule has 4 rings (SSSR count). The molecule has 0 aromatic heterocycles. The lowest BCUT2D eigenvalue weighted by Gasteiger charge is -2.39. The Hall–Kier alpha value is -2.40. The van der Waals surface area contributed by atoms with Crippen molar-refractivity contribution in [2.45, 2.75) is 26.3 Å². The molecule has 154 valence electrons. The van der Waals surface area contributed by atoms with Gasteiger partial charge in [0.25, 0.3) is 0 Å². The van der Waals surface area contributed by atoms with Gasteiger partial charge in [0.05, 0.1) is 5.69 Å². The van der Waals surface area contributed by atoms with Gasteiger partial charge >= 0.3 is 0 Å². The van der Waals surface area contributed by atoms with Crippen molar-refractivity contribution in [1.29, 1.82) is 0 Å². The van der Waals surface area contributed by atoms with Crippen LogP contribution in [0.15, 0.2) is 48.5 Å². The molecule has 2 aliphatic heterocycles. The number of anilines is 1. The van der Waals surface area contributed by atoms with Crippen LogP contribution in [-0.4, -0.2) is 55.0 Å². The van der Waals surface area contributed by atoms with Crippen LogP contribution in [0, 0.1) is 18.7 Å². The number of benzene rings is 2. The summed E-state index contributed by atoms with van der Waals surface area (Å²) < 4.78 is 14.0. The van der Waals surface area contributed by atoms with Crippen molar-refractivity contribution in [3.8, 4) is 0 Å². The second-order valence-corrected chi connectivity index (χ2v) is 8.24. The largest absolute Gasteiger partial charge is 0.366 e. The van der Waals surface area contributed by atoms with Crippen molar-refractivity contribution in [3.63, 3.8) is 0 Å². The minimum atomic E-state index is -0.187. The third kappa shape index (κ3) is 4.61. The van der Waals surface area contributed by atoms with Gasteiger partial charge in [-0.1, -0.05) is 36.4 Å². The number of hydrogen-bond acceptors (Lipinski definition) is 3. The van der Waals surface area contributed by atoms with Crippen LogP contribution in [0.5, 0.6) is 0 Å². The van der Waals surface area contributed by atoms with Crippen LogP contribution in [0.2, 0.25) is 0 Å². The first kappa shape index (κ1) is 19.9. The highest BCUT2D eigenvalue weighted by atomic mass is 19.1. The van der Waals surface area contributed by atoms with Gasteiger partial charge in [0.15, 0.2) is 0 Å². The van der Waals surface area contributed by atoms with E-state index in [9.17, 15) is 9.18 Å². The van der Waals surface area contributed by atoms with Crippen molar-refractivity contribution in [3.05, 3.63) is 65.5 Å². The summed E-state index contributed by atoms with van der Waals surface area (Å²) in [4.78, 5) is 19.5. The maximum Gasteiger partial charge on any atom is 0.225 e. The Kier molecular flexibility index (Phi) is 6.14. The summed E-state index contributed by atoms with van der Waals surface area (Å²) in [7, 11) is 0. The topological polar surface area (TPSA) is 26.8 Å². The number of piperazine rings is 1. The van der Waals surface area contributed by atoms with E-state index in [-0.39, 0.29) is 17.6 Å². The monoisotopic (exact) mass is 395 g/mol. The van der Waals surface area contributed by atoms with Crippen LogP contribution < -0.4 is 4.90 Å². The normalized spacial score (nSPS) is 18.8. The first-order valence-corrected chi connectivity index (χ1v) is 10.7. The van der Waals surface area contributed by atoms with E-state index in [0.29, 0.717) is 31.9 Å². The summed E-state index contributed by atoms with van der Waals surface area (Å²) in [5.74, 6) is 0.227. The molecule has 2 aromatic rings. The molecule has 2 fully saturated rings. The van der Waals surface area contributed by atoms with E-state index < -0.39 is 0 Å². The Bertz CT molecular complexity index is 840. The minimum Gasteiger partial charge on any atom is -0.366 e. The SMILES string of the molecule is Cc1ccccc1CN1CCC(C(=O)N2CCN(c3ccccc3F)CC2)CC1. The molecule has 0 atom stereocenters. The number of carbonyl (C=O) groups is 1. The second-order valence-electron chi connectivity index (χ2n) is 8.24. The van der Waals surface area contributed by atoms with Crippen molar-refractivity contribution < 1.29 is 9.18 Å². The fraction of sp³-hybridized carbons (Fsp3) is 0.458. The Morgan fingerprint density at radius 3 is 2.28 bits per heavy atom. The van der Waals surface area contributed by atoms with Crippen LogP contribution in [0.3, 0.4) is 0 Å². The maximum atomic E-state index is 14.0. The molecule has 0 aliphatic carbocycles. The first-order valence-electron chi connectivity index (χ1n) is 10.7. The third-order valence-corrected chi connectivity index (χ3v) is 6.38. The van der Waals surface area contributed by atoms with Gasteiger partial charge in [-0.2, -0.15) is 0 Å². The van der Waals surface area contributed by atoms with E-state index in [1.54, 1.807) is 6.07 Å². The second kappa shape index (κ2) is 8.95. The quantitative estimate of drug-likeness (QED) is 0.790. The number of amides is 1. The number of carbonyl (C=O) groups excluding carboxylic acids is 1. The minimum absolute atomic E-state index is 0.128. The number of piperidine rings is 1. The number of nitrogens with zero attached hydrogens (tertiary/aromatic N) is 3. The van der Waals surface area contributed by atoms with Crippen LogP contribution in [-0.2, 0) is 11.3 Å². The fourth-order valence-electron chi connectivity index (χ4n) is 4.50. The first-order chi connectivity index (χ1) is 14.1. The molecule has 2 aliphatic rings. The molecule has 0 spiro atoms. The van der Waals surface area contributed by atoms with Crippen LogP contribution in [0.4, 0.5) is 10.1 Å². The zero-order valence-electron chi connectivity index (χ0n) is 17.2. The van der Waals surface area contributed by atoms with Gasteiger partial charge in [0.2, 0.25) is 5.91 Å². The van der Waals surface area contributed by atoms with E-state index in [2.05, 4.69) is 36.1 Å². The number of hydrogen-bond donors (Lipinski definition) is 0. The summed E-state index contributed by atoms with van der Waals surface area (Å²) in [6.45, 7) is 7.81. The highest BCUT2D eigenvalue weighted by Gasteiger charge is 2.30. The highest BCUT2D eigenvalue weighted by Crippen LogP contribution is 2.24. The van der Waals surface area contributed by atoms with E-state index in [1.165, 1.54) is 17.2 Å². The van der Waals surface area contributed by atoms with Gasteiger partial charge in [-0.25, -0.2) is 4.39 Å². The van der Waals surface area contributed by atoms with E-state index in [1.807, 2.05) is 21.9 Å². The van der Waals surface area contributed by atoms with Crippen molar-refractivity contribution in [1.82, 2.24) is 9.80 Å². The molecule has 2 aromatic carbocycles. The predicted molar refractivity (Wildman–Crippen MR) is 114 cm³/mol. The van der Waals surface area contributed by atoms with Crippen molar-refractivity contribution in [2.24, 2.45) is 5.92 Å². The highest BCUT2D eigenvalue weighted by molar-refractivity contribution is 5.79. The summed E-state index contributed by atoms with van der Waals surface area (Å²) in [6, 6.07) is 15.4. The molecule has 2 saturated heterocycles. The Morgan fingerprint density at radius 1 is 0.931 bits per heavy atom. The average Bonchev–Trinajstić information content (AvgIpc) is 2.76. The van der Waals surface area contributed by atoms with Crippen LogP contribution in [0.25, 0.3) is 0 Å². The molecular weight excluding hydrogens is 365 g/mol. The van der Waals surface area contributed by atoms with Gasteiger partial charge < -0.3 is 9.80 Å². The molecule has 5 heteroatoms. The molecule has 1 amide bonds. The number of para-hydroxylation sites is 1. The van der Waals surface area contributed by atoms with Gasteiger partial charge in [-0.3, -0.25) is 9.69 Å². The molecule has 0 saturated carbocycles. The summed E-state index contributed by atoms with van der Waals surface area (Å²) in [5.41, 5.74) is 3.35. The molecule has 0 radical (unpaired) electrons. The molecule has 29 heavy (non-hydrogen) atoms. The number of aryl methyl sites for hydroxylation is 1. The molecule has 0 unspecified atom stereocenters. The molecule has 0 N–H and O–H groups in total. The van der Waals surface area contributed by atoms with E-state index in [0.717, 1.165) is 32.5 Å². The van der Waals surface area contributed by atoms with Crippen LogP contribution in [0.1, 0.15) is 24.0 Å². The molecule has 2 heterocycles.